The van der Waals surface area contributed by atoms with Crippen molar-refractivity contribution in [2.24, 2.45) is 17.8 Å². The third-order valence-corrected chi connectivity index (χ3v) is 13.0. The van der Waals surface area contributed by atoms with Gasteiger partial charge in [-0.2, -0.15) is 10.0 Å². The first kappa shape index (κ1) is 32.9. The largest absolute Gasteiger partial charge is 0.255 e. The number of hydrogen-bond donors (Lipinski definition) is 0. The highest BCUT2D eigenvalue weighted by Crippen LogP contribution is 2.73. The molecule has 1 aliphatic heterocycles. The fraction of sp³-hybridized carbons (Fsp3) is 0.273. The van der Waals surface area contributed by atoms with Gasteiger partial charge < -0.3 is 0 Å². The zero-order valence-electron chi connectivity index (χ0n) is 30.0. The molecule has 4 aromatic heterocycles. The lowest BCUT2D eigenvalue weighted by atomic mass is 9.70. The topological polar surface area (TPSA) is 51.6 Å². The standard InChI is InChI=1S/C44H46N4S/c1-27-23-29(3)39(30(4)24-27)41-42(40-31(5)25-28(2)26-32(40)6)44(38-20-14-18-36(48-38)34-16-10-12-22-46-34)49(7,8)43(41)37-19-13-17-35(47-37)33-15-9-11-21-45-33/h9-25,29,32,39H,26H2,1-8H3. The summed E-state index contributed by atoms with van der Waals surface area (Å²) in [7, 11) is -1.66. The lowest BCUT2D eigenvalue weighted by Crippen LogP contribution is -2.22. The van der Waals surface area contributed by atoms with E-state index in [4.69, 9.17) is 9.97 Å². The normalized spacial score (nSPS) is 22.9. The molecule has 0 saturated heterocycles. The van der Waals surface area contributed by atoms with Gasteiger partial charge in [-0.1, -0.05) is 73.1 Å². The van der Waals surface area contributed by atoms with Crippen LogP contribution >= 0.6 is 10.0 Å². The quantitative estimate of drug-likeness (QED) is 0.206. The first-order valence-corrected chi connectivity index (χ1v) is 19.7. The Balaban J connectivity index is 1.58. The van der Waals surface area contributed by atoms with Gasteiger partial charge in [0.2, 0.25) is 0 Å². The van der Waals surface area contributed by atoms with E-state index in [9.17, 15) is 0 Å². The molecule has 3 atom stereocenters. The molecule has 0 fully saturated rings. The highest BCUT2D eigenvalue weighted by molar-refractivity contribution is 8.47. The van der Waals surface area contributed by atoms with Crippen LogP contribution in [0.1, 0.15) is 59.4 Å². The first-order chi connectivity index (χ1) is 23.5. The minimum Gasteiger partial charge on any atom is -0.255 e. The maximum absolute atomic E-state index is 5.43. The summed E-state index contributed by atoms with van der Waals surface area (Å²) in [6.45, 7) is 13.9. The van der Waals surface area contributed by atoms with Crippen LogP contribution in [0, 0.1) is 17.8 Å². The monoisotopic (exact) mass is 662 g/mol. The van der Waals surface area contributed by atoms with Crippen LogP contribution in [0.5, 0.6) is 0 Å². The van der Waals surface area contributed by atoms with Crippen molar-refractivity contribution >= 4 is 19.8 Å². The van der Waals surface area contributed by atoms with E-state index in [1.165, 1.54) is 48.8 Å². The Morgan fingerprint density at radius 1 is 0.612 bits per heavy atom. The summed E-state index contributed by atoms with van der Waals surface area (Å²) in [5.74, 6) is 0.895. The van der Waals surface area contributed by atoms with Gasteiger partial charge in [0, 0.05) is 28.1 Å². The molecule has 7 rings (SSSR count). The molecule has 5 heterocycles. The average Bonchev–Trinajstić information content (AvgIpc) is 3.30. The molecule has 4 nitrogen and oxygen atoms in total. The molecule has 3 aliphatic rings. The van der Waals surface area contributed by atoms with Crippen molar-refractivity contribution in [1.29, 1.82) is 0 Å². The summed E-state index contributed by atoms with van der Waals surface area (Å²) in [5, 5.41) is 0. The molecule has 5 heteroatoms. The van der Waals surface area contributed by atoms with Gasteiger partial charge in [0.15, 0.2) is 0 Å². The predicted octanol–water partition coefficient (Wildman–Crippen LogP) is 11.3. The fourth-order valence-electron chi connectivity index (χ4n) is 8.49. The predicted molar refractivity (Wildman–Crippen MR) is 209 cm³/mol. The molecule has 4 aromatic rings. The maximum atomic E-state index is 5.43. The Morgan fingerprint density at radius 2 is 1.16 bits per heavy atom. The number of aromatic nitrogens is 4. The van der Waals surface area contributed by atoms with Crippen molar-refractivity contribution in [1.82, 2.24) is 19.9 Å². The molecule has 2 aliphatic carbocycles. The molecule has 0 amide bonds. The zero-order valence-corrected chi connectivity index (χ0v) is 30.8. The summed E-state index contributed by atoms with van der Waals surface area (Å²) in [6, 6.07) is 25.0. The maximum Gasteiger partial charge on any atom is 0.0893 e. The zero-order chi connectivity index (χ0) is 34.4. The van der Waals surface area contributed by atoms with E-state index in [0.717, 1.165) is 40.6 Å². The first-order valence-electron chi connectivity index (χ1n) is 17.3. The van der Waals surface area contributed by atoms with Crippen LogP contribution in [-0.2, 0) is 0 Å². The summed E-state index contributed by atoms with van der Waals surface area (Å²) in [5.41, 5.74) is 15.4. The Hall–Kier alpha value is -4.61. The smallest absolute Gasteiger partial charge is 0.0893 e. The third kappa shape index (κ3) is 5.99. The van der Waals surface area contributed by atoms with Crippen LogP contribution in [0.4, 0.5) is 0 Å². The number of allylic oxidation sites excluding steroid dienone is 10. The van der Waals surface area contributed by atoms with E-state index in [-0.39, 0.29) is 5.92 Å². The third-order valence-electron chi connectivity index (χ3n) is 10.2. The van der Waals surface area contributed by atoms with Gasteiger partial charge in [-0.05, 0) is 129 Å². The lowest BCUT2D eigenvalue weighted by molar-refractivity contribution is 0.546. The highest BCUT2D eigenvalue weighted by Gasteiger charge is 2.45. The van der Waals surface area contributed by atoms with Gasteiger partial charge >= 0.3 is 0 Å². The number of hydrogen-bond acceptors (Lipinski definition) is 4. The summed E-state index contributed by atoms with van der Waals surface area (Å²) in [6.07, 6.45) is 16.9. The van der Waals surface area contributed by atoms with E-state index in [1.54, 1.807) is 0 Å². The second-order valence-corrected chi connectivity index (χ2v) is 17.8. The highest BCUT2D eigenvalue weighted by atomic mass is 32.3. The Labute approximate surface area is 293 Å². The van der Waals surface area contributed by atoms with E-state index in [0.29, 0.717) is 11.8 Å². The number of nitrogens with zero attached hydrogens (tertiary/aromatic N) is 4. The van der Waals surface area contributed by atoms with Crippen molar-refractivity contribution in [3.8, 4) is 22.8 Å². The average molecular weight is 663 g/mol. The second kappa shape index (κ2) is 13.0. The summed E-state index contributed by atoms with van der Waals surface area (Å²) < 4.78 is 0. The van der Waals surface area contributed by atoms with Gasteiger partial charge in [-0.3, -0.25) is 9.97 Å². The van der Waals surface area contributed by atoms with Crippen LogP contribution in [0.2, 0.25) is 0 Å². The van der Waals surface area contributed by atoms with Crippen molar-refractivity contribution in [3.05, 3.63) is 154 Å². The Bertz CT molecular complexity index is 2130. The van der Waals surface area contributed by atoms with Gasteiger partial charge in [-0.15, -0.1) is 0 Å². The molecule has 3 unspecified atom stereocenters. The SMILES string of the molecule is CC1=CC(C)C(C2=C(c3cccc(-c4ccccn4)n3)S(C)(C)C(c3cccc(-c4ccccn4)n3)=C2C2=C(C)C=C(C)CC2C)C(C)=C1. The number of rotatable bonds is 6. The minimum absolute atomic E-state index is 0.205. The van der Waals surface area contributed by atoms with E-state index >= 15 is 0 Å². The Kier molecular flexibility index (Phi) is 8.74. The molecule has 0 N–H and O–H groups in total. The second-order valence-electron chi connectivity index (χ2n) is 14.3. The van der Waals surface area contributed by atoms with Gasteiger partial charge in [-0.25, -0.2) is 9.97 Å². The molecular weight excluding hydrogens is 617 g/mol. The molecule has 0 bridgehead atoms. The molecule has 0 saturated carbocycles. The molecule has 0 spiro atoms. The van der Waals surface area contributed by atoms with Crippen molar-refractivity contribution < 1.29 is 0 Å². The minimum atomic E-state index is -1.66. The van der Waals surface area contributed by atoms with Crippen LogP contribution in [0.25, 0.3) is 32.6 Å². The fourth-order valence-corrected chi connectivity index (χ4v) is 11.5. The molecule has 0 radical (unpaired) electrons. The molecule has 248 valence electrons. The van der Waals surface area contributed by atoms with Gasteiger partial charge in [0.05, 0.1) is 34.2 Å². The summed E-state index contributed by atoms with van der Waals surface area (Å²) in [4.78, 5) is 22.9. The Morgan fingerprint density at radius 3 is 1.69 bits per heavy atom. The van der Waals surface area contributed by atoms with E-state index in [1.807, 2.05) is 48.8 Å². The number of pyridine rings is 4. The van der Waals surface area contributed by atoms with Crippen molar-refractivity contribution in [3.63, 3.8) is 0 Å². The molecule has 0 aromatic carbocycles. The van der Waals surface area contributed by atoms with Crippen LogP contribution in [0.15, 0.2) is 142 Å². The van der Waals surface area contributed by atoms with Gasteiger partial charge in [0.1, 0.15) is 0 Å². The van der Waals surface area contributed by atoms with Crippen LogP contribution < -0.4 is 0 Å². The van der Waals surface area contributed by atoms with Gasteiger partial charge in [0.25, 0.3) is 0 Å². The van der Waals surface area contributed by atoms with Crippen molar-refractivity contribution in [2.45, 2.75) is 48.0 Å². The summed E-state index contributed by atoms with van der Waals surface area (Å²) >= 11 is 0. The van der Waals surface area contributed by atoms with Crippen molar-refractivity contribution in [2.75, 3.05) is 12.5 Å². The van der Waals surface area contributed by atoms with E-state index in [2.05, 4.69) is 119 Å². The van der Waals surface area contributed by atoms with E-state index < -0.39 is 10.0 Å². The van der Waals surface area contributed by atoms with Crippen LogP contribution in [0.3, 0.4) is 0 Å². The molecular formula is C44H46N4S. The lowest BCUT2D eigenvalue weighted by Gasteiger charge is -2.35. The molecule has 49 heavy (non-hydrogen) atoms. The van der Waals surface area contributed by atoms with Crippen LogP contribution in [-0.4, -0.2) is 32.4 Å².